The lowest BCUT2D eigenvalue weighted by molar-refractivity contribution is 0.0385. The van der Waals surface area contributed by atoms with Crippen molar-refractivity contribution in [2.45, 2.75) is 9.46 Å². The Morgan fingerprint density at radius 3 is 2.85 bits per heavy atom. The molecular weight excluding hydrogens is 480 g/mol. The Bertz CT molecular complexity index is 1230. The van der Waals surface area contributed by atoms with Crippen LogP contribution >= 0.6 is 23.1 Å². The van der Waals surface area contributed by atoms with Crippen LogP contribution in [0.5, 0.6) is 0 Å². The number of rotatable bonds is 8. The van der Waals surface area contributed by atoms with Gasteiger partial charge in [-0.3, -0.25) is 14.2 Å². The first-order valence-electron chi connectivity index (χ1n) is 10.9. The summed E-state index contributed by atoms with van der Waals surface area (Å²) >= 11 is 2.94. The molecule has 2 aliphatic heterocycles. The molecule has 0 saturated carbocycles. The Hall–Kier alpha value is -1.89. The van der Waals surface area contributed by atoms with Crippen molar-refractivity contribution in [3.63, 3.8) is 0 Å². The van der Waals surface area contributed by atoms with Crippen molar-refractivity contribution in [2.24, 2.45) is 4.99 Å². The molecule has 0 spiro atoms. The van der Waals surface area contributed by atoms with Crippen LogP contribution in [0.15, 0.2) is 51.0 Å². The highest BCUT2D eigenvalue weighted by atomic mass is 32.2. The highest BCUT2D eigenvalue weighted by Crippen LogP contribution is 2.34. The Morgan fingerprint density at radius 1 is 1.24 bits per heavy atom. The molecule has 0 bridgehead atoms. The zero-order valence-corrected chi connectivity index (χ0v) is 20.5. The fraction of sp³-hybridized carbons (Fsp3) is 0.409. The third-order valence-electron chi connectivity index (χ3n) is 5.76. The van der Waals surface area contributed by atoms with Gasteiger partial charge in [0, 0.05) is 30.3 Å². The number of aliphatic hydroxyl groups excluding tert-OH is 1. The van der Waals surface area contributed by atoms with Crippen LogP contribution in [-0.2, 0) is 14.8 Å². The zero-order valence-electron chi connectivity index (χ0n) is 18.0. The van der Waals surface area contributed by atoms with Crippen molar-refractivity contribution in [3.8, 4) is 0 Å². The SMILES string of the molecule is O=S(=O)(c1cccs1)N(CCO)c1cccc2cc(C3=NCC(CN4CCOCC4)S3)[nH]c12. The fourth-order valence-electron chi connectivity index (χ4n) is 4.18. The predicted molar refractivity (Wildman–Crippen MR) is 134 cm³/mol. The lowest BCUT2D eigenvalue weighted by Gasteiger charge is -2.28. The monoisotopic (exact) mass is 506 g/mol. The van der Waals surface area contributed by atoms with Gasteiger partial charge < -0.3 is 14.8 Å². The van der Waals surface area contributed by atoms with Crippen LogP contribution in [-0.4, -0.2) is 86.2 Å². The second-order valence-electron chi connectivity index (χ2n) is 7.96. The number of ether oxygens (including phenoxy) is 1. The number of aliphatic hydroxyl groups is 1. The number of aromatic nitrogens is 1. The summed E-state index contributed by atoms with van der Waals surface area (Å²) in [6.45, 7) is 4.94. The molecule has 8 nitrogen and oxygen atoms in total. The number of H-pyrrole nitrogens is 1. The maximum Gasteiger partial charge on any atom is 0.273 e. The van der Waals surface area contributed by atoms with Crippen LogP contribution in [0.3, 0.4) is 0 Å². The summed E-state index contributed by atoms with van der Waals surface area (Å²) in [6.07, 6.45) is 0. The number of hydrogen-bond donors (Lipinski definition) is 2. The molecule has 1 atom stereocenters. The van der Waals surface area contributed by atoms with E-state index in [1.54, 1.807) is 35.3 Å². The quantitative estimate of drug-likeness (QED) is 0.487. The van der Waals surface area contributed by atoms with Gasteiger partial charge in [-0.2, -0.15) is 0 Å². The highest BCUT2D eigenvalue weighted by Gasteiger charge is 2.29. The van der Waals surface area contributed by atoms with E-state index in [9.17, 15) is 13.5 Å². The molecular formula is C22H26N4O4S3. The van der Waals surface area contributed by atoms with E-state index in [-0.39, 0.29) is 17.4 Å². The van der Waals surface area contributed by atoms with Crippen LogP contribution in [0, 0.1) is 0 Å². The average Bonchev–Trinajstić information content (AvgIpc) is 3.58. The van der Waals surface area contributed by atoms with Crippen molar-refractivity contribution in [1.82, 2.24) is 9.88 Å². The number of thiophene rings is 1. The van der Waals surface area contributed by atoms with Gasteiger partial charge in [0.05, 0.1) is 49.8 Å². The minimum atomic E-state index is -3.78. The fourth-order valence-corrected chi connectivity index (χ4v) is 7.88. The number of thioether (sulfide) groups is 1. The minimum Gasteiger partial charge on any atom is -0.394 e. The van der Waals surface area contributed by atoms with Gasteiger partial charge in [-0.05, 0) is 23.6 Å². The lowest BCUT2D eigenvalue weighted by atomic mass is 10.2. The molecule has 5 rings (SSSR count). The van der Waals surface area contributed by atoms with Gasteiger partial charge in [0.15, 0.2) is 0 Å². The number of fused-ring (bicyclic) bond motifs is 1. The Balaban J connectivity index is 1.41. The van der Waals surface area contributed by atoms with E-state index in [1.807, 2.05) is 18.2 Å². The number of morpholine rings is 1. The van der Waals surface area contributed by atoms with Crippen molar-refractivity contribution < 1.29 is 18.3 Å². The molecule has 0 amide bonds. The molecule has 33 heavy (non-hydrogen) atoms. The highest BCUT2D eigenvalue weighted by molar-refractivity contribution is 8.15. The first kappa shape index (κ1) is 22.9. The molecule has 0 aliphatic carbocycles. The summed E-state index contributed by atoms with van der Waals surface area (Å²) in [4.78, 5) is 10.6. The Kier molecular flexibility index (Phi) is 6.77. The molecule has 1 saturated heterocycles. The summed E-state index contributed by atoms with van der Waals surface area (Å²) in [5, 5.41) is 13.6. The third kappa shape index (κ3) is 4.71. The molecule has 1 aromatic carbocycles. The number of para-hydroxylation sites is 1. The number of anilines is 1. The normalized spacial score (nSPS) is 19.8. The second kappa shape index (κ2) is 9.77. The third-order valence-corrected chi connectivity index (χ3v) is 10.1. The number of aromatic amines is 1. The van der Waals surface area contributed by atoms with Gasteiger partial charge >= 0.3 is 0 Å². The maximum absolute atomic E-state index is 13.3. The molecule has 4 heterocycles. The van der Waals surface area contributed by atoms with Crippen LogP contribution in [0.4, 0.5) is 5.69 Å². The van der Waals surface area contributed by atoms with Crippen molar-refractivity contribution in [1.29, 1.82) is 0 Å². The smallest absolute Gasteiger partial charge is 0.273 e. The number of benzene rings is 1. The van der Waals surface area contributed by atoms with Gasteiger partial charge in [0.25, 0.3) is 10.0 Å². The van der Waals surface area contributed by atoms with E-state index < -0.39 is 10.0 Å². The molecule has 2 N–H and O–H groups in total. The maximum atomic E-state index is 13.3. The van der Waals surface area contributed by atoms with Crippen molar-refractivity contribution in [2.75, 3.05) is 56.8 Å². The van der Waals surface area contributed by atoms with E-state index in [0.29, 0.717) is 10.9 Å². The molecule has 1 fully saturated rings. The molecule has 2 aliphatic rings. The summed E-state index contributed by atoms with van der Waals surface area (Å²) in [7, 11) is -3.78. The van der Waals surface area contributed by atoms with Gasteiger partial charge in [-0.1, -0.05) is 30.0 Å². The summed E-state index contributed by atoms with van der Waals surface area (Å²) in [5.41, 5.74) is 2.14. The summed E-state index contributed by atoms with van der Waals surface area (Å²) in [5.74, 6) is 0. The number of nitrogens with zero attached hydrogens (tertiary/aromatic N) is 3. The zero-order chi connectivity index (χ0) is 22.8. The summed E-state index contributed by atoms with van der Waals surface area (Å²) < 4.78 is 33.6. The number of sulfonamides is 1. The van der Waals surface area contributed by atoms with Crippen LogP contribution < -0.4 is 4.31 Å². The first-order valence-corrected chi connectivity index (χ1v) is 14.1. The molecule has 1 unspecified atom stereocenters. The first-order chi connectivity index (χ1) is 16.1. The predicted octanol–water partition coefficient (Wildman–Crippen LogP) is 2.61. The number of hydrogen-bond acceptors (Lipinski definition) is 8. The minimum absolute atomic E-state index is 0.0228. The van der Waals surface area contributed by atoms with Crippen LogP contribution in [0.2, 0.25) is 0 Å². The van der Waals surface area contributed by atoms with Gasteiger partial charge in [-0.15, -0.1) is 11.3 Å². The van der Waals surface area contributed by atoms with Gasteiger partial charge in [-0.25, -0.2) is 8.42 Å². The lowest BCUT2D eigenvalue weighted by Crippen LogP contribution is -2.40. The van der Waals surface area contributed by atoms with Crippen molar-refractivity contribution in [3.05, 3.63) is 47.5 Å². The standard InChI is InChI=1S/C22H26N4O4S3/c27-9-6-26(33(28,29)20-5-2-12-31-20)19-4-1-3-16-13-18(24-21(16)19)22-23-14-17(32-22)15-25-7-10-30-11-8-25/h1-5,12-13,17,24,27H,6-11,14-15H2. The average molecular weight is 507 g/mol. The Labute approximate surface area is 201 Å². The topological polar surface area (TPSA) is 98.2 Å². The van der Waals surface area contributed by atoms with Gasteiger partial charge in [0.2, 0.25) is 0 Å². The molecule has 176 valence electrons. The van der Waals surface area contributed by atoms with Crippen LogP contribution in [0.1, 0.15) is 5.69 Å². The largest absolute Gasteiger partial charge is 0.394 e. The molecule has 3 aromatic rings. The van der Waals surface area contributed by atoms with E-state index >= 15 is 0 Å². The van der Waals surface area contributed by atoms with E-state index in [0.717, 1.165) is 61.0 Å². The number of aliphatic imine (C=N–C) groups is 1. The number of nitrogens with one attached hydrogen (secondary N) is 1. The van der Waals surface area contributed by atoms with Gasteiger partial charge in [0.1, 0.15) is 9.25 Å². The molecule has 11 heteroatoms. The Morgan fingerprint density at radius 2 is 2.09 bits per heavy atom. The van der Waals surface area contributed by atoms with E-state index in [4.69, 9.17) is 9.73 Å². The van der Waals surface area contributed by atoms with Crippen LogP contribution in [0.25, 0.3) is 10.9 Å². The van der Waals surface area contributed by atoms with E-state index in [1.165, 1.54) is 15.6 Å². The molecule has 2 aromatic heterocycles. The summed E-state index contributed by atoms with van der Waals surface area (Å²) in [6, 6.07) is 10.9. The second-order valence-corrected chi connectivity index (χ2v) is 12.3. The van der Waals surface area contributed by atoms with E-state index in [2.05, 4.69) is 9.88 Å². The van der Waals surface area contributed by atoms with Crippen molar-refractivity contribution >= 4 is 54.8 Å². The molecule has 0 radical (unpaired) electrons.